The highest BCUT2D eigenvalue weighted by atomic mass is 16.5. The van der Waals surface area contributed by atoms with E-state index in [0.717, 1.165) is 16.8 Å². The first-order valence-electron chi connectivity index (χ1n) is 12.0. The van der Waals surface area contributed by atoms with Crippen molar-refractivity contribution in [1.29, 1.82) is 0 Å². The smallest absolute Gasteiger partial charge is 0.253 e. The van der Waals surface area contributed by atoms with Crippen LogP contribution in [-0.4, -0.2) is 64.5 Å². The number of imidazole rings is 1. The first kappa shape index (κ1) is 23.4. The molecule has 3 aromatic carbocycles. The molecule has 0 spiro atoms. The van der Waals surface area contributed by atoms with Gasteiger partial charge >= 0.3 is 0 Å². The van der Waals surface area contributed by atoms with Gasteiger partial charge in [0, 0.05) is 31.7 Å². The van der Waals surface area contributed by atoms with Crippen LogP contribution in [-0.2, 0) is 17.9 Å². The number of carbonyl (C=O) groups is 2. The number of amides is 2. The van der Waals surface area contributed by atoms with Gasteiger partial charge in [0.2, 0.25) is 5.91 Å². The van der Waals surface area contributed by atoms with E-state index in [1.54, 1.807) is 36.3 Å². The van der Waals surface area contributed by atoms with Gasteiger partial charge < -0.3 is 23.8 Å². The monoisotopic (exact) mass is 484 g/mol. The van der Waals surface area contributed by atoms with Crippen LogP contribution in [0.3, 0.4) is 0 Å². The minimum absolute atomic E-state index is 0.00402. The lowest BCUT2D eigenvalue weighted by atomic mass is 10.1. The Kier molecular flexibility index (Phi) is 6.84. The molecule has 1 aliphatic heterocycles. The van der Waals surface area contributed by atoms with Crippen LogP contribution in [0, 0.1) is 0 Å². The Morgan fingerprint density at radius 3 is 2.19 bits per heavy atom. The predicted molar refractivity (Wildman–Crippen MR) is 136 cm³/mol. The summed E-state index contributed by atoms with van der Waals surface area (Å²) in [7, 11) is 1.60. The predicted octanol–water partition coefficient (Wildman–Crippen LogP) is 3.61. The van der Waals surface area contributed by atoms with E-state index < -0.39 is 0 Å². The number of fused-ring (bicyclic) bond motifs is 1. The molecular weight excluding hydrogens is 456 g/mol. The van der Waals surface area contributed by atoms with Crippen LogP contribution in [0.15, 0.2) is 78.9 Å². The third-order valence-corrected chi connectivity index (χ3v) is 6.39. The third-order valence-electron chi connectivity index (χ3n) is 6.39. The highest BCUT2D eigenvalue weighted by Crippen LogP contribution is 2.20. The topological polar surface area (TPSA) is 76.9 Å². The molecule has 8 heteroatoms. The molecule has 4 aromatic rings. The fourth-order valence-corrected chi connectivity index (χ4v) is 4.39. The second kappa shape index (κ2) is 10.5. The van der Waals surface area contributed by atoms with Gasteiger partial charge in [0.1, 0.15) is 30.5 Å². The average Bonchev–Trinajstić information content (AvgIpc) is 3.29. The van der Waals surface area contributed by atoms with Crippen LogP contribution in [0.25, 0.3) is 11.0 Å². The number of hydrogen-bond donors (Lipinski definition) is 0. The highest BCUT2D eigenvalue weighted by Gasteiger charge is 2.26. The van der Waals surface area contributed by atoms with Crippen LogP contribution in [0.5, 0.6) is 11.5 Å². The molecule has 184 valence electrons. The summed E-state index contributed by atoms with van der Waals surface area (Å²) in [5.74, 6) is 2.12. The highest BCUT2D eigenvalue weighted by molar-refractivity contribution is 5.94. The minimum atomic E-state index is -0.0364. The van der Waals surface area contributed by atoms with E-state index in [2.05, 4.69) is 0 Å². The van der Waals surface area contributed by atoms with Crippen molar-refractivity contribution >= 4 is 22.8 Å². The van der Waals surface area contributed by atoms with Gasteiger partial charge in [-0.2, -0.15) is 0 Å². The van der Waals surface area contributed by atoms with Crippen LogP contribution in [0.2, 0.25) is 0 Å². The lowest BCUT2D eigenvalue weighted by Crippen LogP contribution is -2.51. The number of para-hydroxylation sites is 3. The molecule has 1 aromatic heterocycles. The second-order valence-corrected chi connectivity index (χ2v) is 8.61. The van der Waals surface area contributed by atoms with Crippen LogP contribution in [0.4, 0.5) is 0 Å². The van der Waals surface area contributed by atoms with Gasteiger partial charge in [-0.25, -0.2) is 4.98 Å². The number of hydrogen-bond acceptors (Lipinski definition) is 5. The zero-order chi connectivity index (χ0) is 24.9. The molecule has 5 rings (SSSR count). The normalized spacial score (nSPS) is 13.6. The quantitative estimate of drug-likeness (QED) is 0.401. The fourth-order valence-electron chi connectivity index (χ4n) is 4.39. The van der Waals surface area contributed by atoms with E-state index in [0.29, 0.717) is 43.3 Å². The van der Waals surface area contributed by atoms with Gasteiger partial charge in [-0.15, -0.1) is 0 Å². The molecule has 8 nitrogen and oxygen atoms in total. The van der Waals surface area contributed by atoms with Crippen molar-refractivity contribution in [2.45, 2.75) is 13.2 Å². The Bertz CT molecular complexity index is 1340. The number of rotatable bonds is 7. The molecule has 1 aliphatic rings. The van der Waals surface area contributed by atoms with Crippen molar-refractivity contribution in [3.63, 3.8) is 0 Å². The molecule has 0 atom stereocenters. The van der Waals surface area contributed by atoms with Gasteiger partial charge in [-0.05, 0) is 48.5 Å². The Morgan fingerprint density at radius 1 is 0.806 bits per heavy atom. The summed E-state index contributed by atoms with van der Waals surface area (Å²) in [6.45, 7) is 2.39. The first-order valence-corrected chi connectivity index (χ1v) is 12.0. The zero-order valence-corrected chi connectivity index (χ0v) is 20.2. The molecule has 0 unspecified atom stereocenters. The van der Waals surface area contributed by atoms with Gasteiger partial charge in [0.25, 0.3) is 5.91 Å². The SMILES string of the molecule is COc1ccc(C(=O)N2CCN(C(=O)Cn3c(COc4ccccc4)nc4ccccc43)CC2)cc1. The van der Waals surface area contributed by atoms with Crippen molar-refractivity contribution in [2.24, 2.45) is 0 Å². The molecule has 2 amide bonds. The van der Waals surface area contributed by atoms with E-state index in [1.807, 2.05) is 64.1 Å². The van der Waals surface area contributed by atoms with Crippen molar-refractivity contribution in [2.75, 3.05) is 33.3 Å². The zero-order valence-electron chi connectivity index (χ0n) is 20.2. The van der Waals surface area contributed by atoms with Gasteiger partial charge in [0.15, 0.2) is 0 Å². The summed E-state index contributed by atoms with van der Waals surface area (Å²) in [6.07, 6.45) is 0. The largest absolute Gasteiger partial charge is 0.497 e. The maximum atomic E-state index is 13.3. The molecule has 0 radical (unpaired) electrons. The van der Waals surface area contributed by atoms with Gasteiger partial charge in [0.05, 0.1) is 18.1 Å². The van der Waals surface area contributed by atoms with Crippen molar-refractivity contribution in [3.8, 4) is 11.5 Å². The minimum Gasteiger partial charge on any atom is -0.497 e. The number of benzene rings is 3. The number of methoxy groups -OCH3 is 1. The Balaban J connectivity index is 1.24. The first-order chi connectivity index (χ1) is 17.6. The Labute approximate surface area is 209 Å². The number of nitrogens with zero attached hydrogens (tertiary/aromatic N) is 4. The number of aromatic nitrogens is 2. The van der Waals surface area contributed by atoms with E-state index >= 15 is 0 Å². The second-order valence-electron chi connectivity index (χ2n) is 8.61. The average molecular weight is 485 g/mol. The van der Waals surface area contributed by atoms with Crippen molar-refractivity contribution in [1.82, 2.24) is 19.4 Å². The molecule has 1 fully saturated rings. The van der Waals surface area contributed by atoms with Crippen LogP contribution >= 0.6 is 0 Å². The van der Waals surface area contributed by atoms with Crippen LogP contribution in [0.1, 0.15) is 16.2 Å². The van der Waals surface area contributed by atoms with E-state index in [-0.39, 0.29) is 25.0 Å². The molecule has 1 saturated heterocycles. The summed E-state index contributed by atoms with van der Waals surface area (Å²) >= 11 is 0. The molecule has 0 saturated carbocycles. The Morgan fingerprint density at radius 2 is 1.47 bits per heavy atom. The molecule has 0 aliphatic carbocycles. The van der Waals surface area contributed by atoms with E-state index in [9.17, 15) is 9.59 Å². The van der Waals surface area contributed by atoms with Gasteiger partial charge in [-0.1, -0.05) is 30.3 Å². The molecular formula is C28H28N4O4. The van der Waals surface area contributed by atoms with Crippen molar-refractivity contribution in [3.05, 3.63) is 90.3 Å². The van der Waals surface area contributed by atoms with Crippen LogP contribution < -0.4 is 9.47 Å². The summed E-state index contributed by atoms with van der Waals surface area (Å²) in [5.41, 5.74) is 2.33. The number of ether oxygens (including phenoxy) is 2. The van der Waals surface area contributed by atoms with Crippen molar-refractivity contribution < 1.29 is 19.1 Å². The number of piperazine rings is 1. The third kappa shape index (κ3) is 5.02. The lowest BCUT2D eigenvalue weighted by molar-refractivity contribution is -0.133. The summed E-state index contributed by atoms with van der Waals surface area (Å²) < 4.78 is 13.0. The molecule has 36 heavy (non-hydrogen) atoms. The summed E-state index contributed by atoms with van der Waals surface area (Å²) in [5, 5.41) is 0. The summed E-state index contributed by atoms with van der Waals surface area (Å²) in [4.78, 5) is 34.5. The molecule has 0 N–H and O–H groups in total. The number of carbonyl (C=O) groups excluding carboxylic acids is 2. The maximum absolute atomic E-state index is 13.3. The van der Waals surface area contributed by atoms with Gasteiger partial charge in [-0.3, -0.25) is 9.59 Å². The molecule has 2 heterocycles. The molecule has 0 bridgehead atoms. The van der Waals surface area contributed by atoms with E-state index in [4.69, 9.17) is 14.5 Å². The standard InChI is InChI=1S/C28H28N4O4/c1-35-22-13-11-21(12-14-22)28(34)31-17-15-30(16-18-31)27(33)19-32-25-10-6-5-9-24(25)29-26(32)20-36-23-7-3-2-4-8-23/h2-14H,15-20H2,1H3. The summed E-state index contributed by atoms with van der Waals surface area (Å²) in [6, 6.07) is 24.4. The fraction of sp³-hybridized carbons (Fsp3) is 0.250. The van der Waals surface area contributed by atoms with E-state index in [1.165, 1.54) is 0 Å². The lowest BCUT2D eigenvalue weighted by Gasteiger charge is -2.35. The maximum Gasteiger partial charge on any atom is 0.253 e. The Hall–Kier alpha value is -4.33.